The van der Waals surface area contributed by atoms with E-state index in [0.717, 1.165) is 22.3 Å². The van der Waals surface area contributed by atoms with Crippen LogP contribution in [0.2, 0.25) is 5.02 Å². The molecule has 20 heavy (non-hydrogen) atoms. The maximum absolute atomic E-state index is 12.4. The molecule has 1 heterocycles. The van der Waals surface area contributed by atoms with E-state index in [9.17, 15) is 4.79 Å². The highest BCUT2D eigenvalue weighted by molar-refractivity contribution is 9.10. The van der Waals surface area contributed by atoms with Gasteiger partial charge in [-0.05, 0) is 25.5 Å². The SMILES string of the molecule is CCc1nn(CC)c(CC(=O)c2cccc(Br)c2)c1Cl. The zero-order chi connectivity index (χ0) is 14.7. The maximum Gasteiger partial charge on any atom is 0.168 e. The zero-order valence-corrected chi connectivity index (χ0v) is 13.8. The highest BCUT2D eigenvalue weighted by Crippen LogP contribution is 2.23. The number of carbonyl (C=O) groups excluding carboxylic acids is 1. The number of hydrogen-bond donors (Lipinski definition) is 0. The van der Waals surface area contributed by atoms with E-state index < -0.39 is 0 Å². The van der Waals surface area contributed by atoms with Gasteiger partial charge in [0, 0.05) is 16.6 Å². The van der Waals surface area contributed by atoms with Crippen molar-refractivity contribution in [2.75, 3.05) is 0 Å². The van der Waals surface area contributed by atoms with Gasteiger partial charge in [-0.2, -0.15) is 5.10 Å². The summed E-state index contributed by atoms with van der Waals surface area (Å²) in [7, 11) is 0. The number of aromatic nitrogens is 2. The topological polar surface area (TPSA) is 34.9 Å². The van der Waals surface area contributed by atoms with Crippen molar-refractivity contribution < 1.29 is 4.79 Å². The molecule has 0 aliphatic carbocycles. The molecule has 0 aliphatic rings. The van der Waals surface area contributed by atoms with Gasteiger partial charge >= 0.3 is 0 Å². The first-order valence-electron chi connectivity index (χ1n) is 6.59. The first kappa shape index (κ1) is 15.3. The average molecular weight is 356 g/mol. The first-order valence-corrected chi connectivity index (χ1v) is 7.76. The molecule has 3 nitrogen and oxygen atoms in total. The van der Waals surface area contributed by atoms with Gasteiger partial charge in [0.2, 0.25) is 0 Å². The van der Waals surface area contributed by atoms with E-state index in [1.165, 1.54) is 0 Å². The molecule has 0 atom stereocenters. The third-order valence-electron chi connectivity index (χ3n) is 3.17. The van der Waals surface area contributed by atoms with Crippen LogP contribution in [0.4, 0.5) is 0 Å². The van der Waals surface area contributed by atoms with Gasteiger partial charge < -0.3 is 0 Å². The molecular weight excluding hydrogens is 340 g/mol. The van der Waals surface area contributed by atoms with Gasteiger partial charge in [-0.25, -0.2) is 0 Å². The van der Waals surface area contributed by atoms with Crippen LogP contribution in [0.1, 0.15) is 35.6 Å². The van der Waals surface area contributed by atoms with Crippen molar-refractivity contribution in [1.82, 2.24) is 9.78 Å². The number of benzene rings is 1. The van der Waals surface area contributed by atoms with Crippen molar-refractivity contribution >= 4 is 33.3 Å². The van der Waals surface area contributed by atoms with Gasteiger partial charge in [-0.1, -0.05) is 46.6 Å². The summed E-state index contributed by atoms with van der Waals surface area (Å²) in [5, 5.41) is 5.06. The monoisotopic (exact) mass is 354 g/mol. The Hall–Kier alpha value is -1.13. The number of hydrogen-bond acceptors (Lipinski definition) is 2. The number of carbonyl (C=O) groups is 1. The number of halogens is 2. The lowest BCUT2D eigenvalue weighted by atomic mass is 10.1. The molecule has 2 aromatic rings. The molecular formula is C15H16BrClN2O. The van der Waals surface area contributed by atoms with Gasteiger partial charge in [0.1, 0.15) is 0 Å². The third-order valence-corrected chi connectivity index (χ3v) is 4.10. The minimum absolute atomic E-state index is 0.0467. The normalized spacial score (nSPS) is 10.8. The zero-order valence-electron chi connectivity index (χ0n) is 11.5. The van der Waals surface area contributed by atoms with Gasteiger partial charge in [0.05, 0.1) is 22.8 Å². The molecule has 0 saturated heterocycles. The van der Waals surface area contributed by atoms with Crippen molar-refractivity contribution in [1.29, 1.82) is 0 Å². The van der Waals surface area contributed by atoms with Crippen LogP contribution < -0.4 is 0 Å². The number of Topliss-reactive ketones (excluding diaryl/α,β-unsaturated/α-hetero) is 1. The second-order valence-electron chi connectivity index (χ2n) is 4.49. The summed E-state index contributed by atoms with van der Waals surface area (Å²) in [6.45, 7) is 4.71. The van der Waals surface area contributed by atoms with E-state index in [1.54, 1.807) is 0 Å². The standard InChI is InChI=1S/C15H16BrClN2O/c1-3-12-15(17)13(19(4-2)18-12)9-14(20)10-6-5-7-11(16)8-10/h5-8H,3-4,9H2,1-2H3. The Labute approximate surface area is 132 Å². The number of ketones is 1. The van der Waals surface area contributed by atoms with E-state index in [4.69, 9.17) is 11.6 Å². The molecule has 0 saturated carbocycles. The predicted octanol–water partition coefficient (Wildman–Crippen LogP) is 4.31. The summed E-state index contributed by atoms with van der Waals surface area (Å²) in [5.74, 6) is 0.0467. The number of aryl methyl sites for hydroxylation is 2. The van der Waals surface area contributed by atoms with Crippen molar-refractivity contribution in [3.8, 4) is 0 Å². The second kappa shape index (κ2) is 6.55. The van der Waals surface area contributed by atoms with Crippen LogP contribution in [0, 0.1) is 0 Å². The number of rotatable bonds is 5. The molecule has 106 valence electrons. The Balaban J connectivity index is 2.30. The first-order chi connectivity index (χ1) is 9.56. The molecule has 0 unspecified atom stereocenters. The predicted molar refractivity (Wildman–Crippen MR) is 84.5 cm³/mol. The molecule has 0 aliphatic heterocycles. The van der Waals surface area contributed by atoms with Crippen LogP contribution in [0.5, 0.6) is 0 Å². The van der Waals surface area contributed by atoms with Crippen molar-refractivity contribution in [3.63, 3.8) is 0 Å². The van der Waals surface area contributed by atoms with Crippen LogP contribution in [0.3, 0.4) is 0 Å². The summed E-state index contributed by atoms with van der Waals surface area (Å²) < 4.78 is 2.71. The lowest BCUT2D eigenvalue weighted by Gasteiger charge is -2.05. The average Bonchev–Trinajstić information content (AvgIpc) is 2.75. The third kappa shape index (κ3) is 3.13. The Morgan fingerprint density at radius 2 is 2.15 bits per heavy atom. The highest BCUT2D eigenvalue weighted by Gasteiger charge is 2.18. The van der Waals surface area contributed by atoms with Gasteiger partial charge in [0.15, 0.2) is 5.78 Å². The van der Waals surface area contributed by atoms with Crippen LogP contribution in [0.15, 0.2) is 28.7 Å². The van der Waals surface area contributed by atoms with Crippen LogP contribution in [0.25, 0.3) is 0 Å². The van der Waals surface area contributed by atoms with Gasteiger partial charge in [0.25, 0.3) is 0 Å². The highest BCUT2D eigenvalue weighted by atomic mass is 79.9. The molecule has 2 rings (SSSR count). The Kier molecular flexibility index (Phi) is 5.00. The molecule has 0 spiro atoms. The molecule has 1 aromatic heterocycles. The van der Waals surface area contributed by atoms with Gasteiger partial charge in [-0.3, -0.25) is 9.48 Å². The second-order valence-corrected chi connectivity index (χ2v) is 5.78. The van der Waals surface area contributed by atoms with Crippen LogP contribution >= 0.6 is 27.5 Å². The minimum atomic E-state index is 0.0467. The summed E-state index contributed by atoms with van der Waals surface area (Å²) >= 11 is 9.70. The Morgan fingerprint density at radius 1 is 1.40 bits per heavy atom. The lowest BCUT2D eigenvalue weighted by Crippen LogP contribution is -2.10. The minimum Gasteiger partial charge on any atom is -0.294 e. The summed E-state index contributed by atoms with van der Waals surface area (Å²) in [4.78, 5) is 12.4. The molecule has 0 fully saturated rings. The lowest BCUT2D eigenvalue weighted by molar-refractivity contribution is 0.0990. The fourth-order valence-electron chi connectivity index (χ4n) is 2.10. The van der Waals surface area contributed by atoms with Crippen LogP contribution in [-0.2, 0) is 19.4 Å². The van der Waals surface area contributed by atoms with Crippen LogP contribution in [-0.4, -0.2) is 15.6 Å². The molecule has 1 aromatic carbocycles. The molecule has 0 radical (unpaired) electrons. The van der Waals surface area contributed by atoms with E-state index in [-0.39, 0.29) is 12.2 Å². The smallest absolute Gasteiger partial charge is 0.168 e. The Bertz CT molecular complexity index is 637. The fraction of sp³-hybridized carbons (Fsp3) is 0.333. The van der Waals surface area contributed by atoms with Crippen molar-refractivity contribution in [2.24, 2.45) is 0 Å². The fourth-order valence-corrected chi connectivity index (χ4v) is 2.84. The summed E-state index contributed by atoms with van der Waals surface area (Å²) in [6.07, 6.45) is 1.04. The molecule has 0 N–H and O–H groups in total. The van der Waals surface area contributed by atoms with E-state index >= 15 is 0 Å². The van der Waals surface area contributed by atoms with Crippen molar-refractivity contribution in [3.05, 3.63) is 50.7 Å². The molecule has 0 bridgehead atoms. The Morgan fingerprint density at radius 3 is 2.75 bits per heavy atom. The van der Waals surface area contributed by atoms with E-state index in [2.05, 4.69) is 21.0 Å². The summed E-state index contributed by atoms with van der Waals surface area (Å²) in [6, 6.07) is 7.39. The summed E-state index contributed by atoms with van der Waals surface area (Å²) in [5.41, 5.74) is 2.33. The van der Waals surface area contributed by atoms with E-state index in [0.29, 0.717) is 17.1 Å². The quantitative estimate of drug-likeness (QED) is 0.749. The van der Waals surface area contributed by atoms with E-state index in [1.807, 2.05) is 42.8 Å². The van der Waals surface area contributed by atoms with Gasteiger partial charge in [-0.15, -0.1) is 0 Å². The maximum atomic E-state index is 12.4. The molecule has 0 amide bonds. The largest absolute Gasteiger partial charge is 0.294 e. The van der Waals surface area contributed by atoms with Crippen molar-refractivity contribution in [2.45, 2.75) is 33.2 Å². The number of nitrogens with zero attached hydrogens (tertiary/aromatic N) is 2. The molecule has 5 heteroatoms.